The summed E-state index contributed by atoms with van der Waals surface area (Å²) in [7, 11) is 0. The number of rotatable bonds is 2. The Morgan fingerprint density at radius 1 is 1.10 bits per heavy atom. The number of hydrogen-bond acceptors (Lipinski definition) is 4. The zero-order valence-corrected chi connectivity index (χ0v) is 11.8. The zero-order valence-electron chi connectivity index (χ0n) is 10.2. The molecule has 0 aliphatic heterocycles. The predicted molar refractivity (Wildman–Crippen MR) is 78.1 cm³/mol. The number of benzene rings is 1. The second kappa shape index (κ2) is 5.05. The largest absolute Gasteiger partial charge is 0.453 e. The molecule has 0 fully saturated rings. The van der Waals surface area contributed by atoms with Crippen molar-refractivity contribution in [1.29, 1.82) is 0 Å². The molecule has 0 radical (unpaired) electrons. The van der Waals surface area contributed by atoms with Crippen molar-refractivity contribution >= 4 is 32.7 Å². The first-order valence-corrected chi connectivity index (χ1v) is 6.56. The van der Waals surface area contributed by atoms with Crippen molar-refractivity contribution in [2.24, 2.45) is 0 Å². The van der Waals surface area contributed by atoms with Crippen LogP contribution in [0, 0.1) is 5.82 Å². The van der Waals surface area contributed by atoms with Crippen LogP contribution in [0.15, 0.2) is 47.2 Å². The monoisotopic (exact) mass is 333 g/mol. The maximum absolute atomic E-state index is 13.2. The number of anilines is 1. The first-order valence-electron chi connectivity index (χ1n) is 5.76. The minimum Gasteiger partial charge on any atom is -0.453 e. The maximum atomic E-state index is 13.2. The third kappa shape index (κ3) is 2.42. The van der Waals surface area contributed by atoms with Gasteiger partial charge in [-0.1, -0.05) is 0 Å². The molecular weight excluding hydrogens is 325 g/mol. The van der Waals surface area contributed by atoms with Crippen LogP contribution in [0.4, 0.5) is 10.1 Å². The SMILES string of the molecule is Nc1ccc(F)cc1Oc1ccnc2cc(Br)cnc12. The quantitative estimate of drug-likeness (QED) is 0.722. The van der Waals surface area contributed by atoms with E-state index in [1.54, 1.807) is 18.5 Å². The molecule has 3 rings (SSSR count). The molecule has 0 bridgehead atoms. The highest BCUT2D eigenvalue weighted by atomic mass is 79.9. The average molecular weight is 334 g/mol. The van der Waals surface area contributed by atoms with Crippen LogP contribution in [0.25, 0.3) is 11.0 Å². The Kier molecular flexibility index (Phi) is 3.23. The molecule has 0 saturated carbocycles. The molecular formula is C14H9BrFN3O. The highest BCUT2D eigenvalue weighted by Gasteiger charge is 2.09. The van der Waals surface area contributed by atoms with Gasteiger partial charge in [0.15, 0.2) is 11.5 Å². The van der Waals surface area contributed by atoms with Crippen molar-refractivity contribution in [1.82, 2.24) is 9.97 Å². The normalized spacial score (nSPS) is 10.7. The predicted octanol–water partition coefficient (Wildman–Crippen LogP) is 3.91. The van der Waals surface area contributed by atoms with Crippen molar-refractivity contribution in [2.75, 3.05) is 5.73 Å². The maximum Gasteiger partial charge on any atom is 0.156 e. The molecule has 0 saturated heterocycles. The van der Waals surface area contributed by atoms with Crippen LogP contribution in [-0.4, -0.2) is 9.97 Å². The minimum atomic E-state index is -0.414. The molecule has 20 heavy (non-hydrogen) atoms. The lowest BCUT2D eigenvalue weighted by molar-refractivity contribution is 0.483. The van der Waals surface area contributed by atoms with Gasteiger partial charge in [-0.15, -0.1) is 0 Å². The van der Waals surface area contributed by atoms with Crippen LogP contribution in [-0.2, 0) is 0 Å². The number of nitrogens with two attached hydrogens (primary N) is 1. The summed E-state index contributed by atoms with van der Waals surface area (Å²) >= 11 is 3.33. The first-order chi connectivity index (χ1) is 9.63. The van der Waals surface area contributed by atoms with E-state index in [0.29, 0.717) is 22.5 Å². The molecule has 1 aromatic carbocycles. The Bertz CT molecular complexity index is 794. The number of nitrogens with zero attached hydrogens (tertiary/aromatic N) is 2. The van der Waals surface area contributed by atoms with Gasteiger partial charge in [0.25, 0.3) is 0 Å². The van der Waals surface area contributed by atoms with Crippen molar-refractivity contribution in [3.8, 4) is 11.5 Å². The fourth-order valence-electron chi connectivity index (χ4n) is 1.78. The van der Waals surface area contributed by atoms with Crippen LogP contribution in [0.5, 0.6) is 11.5 Å². The van der Waals surface area contributed by atoms with Gasteiger partial charge in [0.05, 0.1) is 11.2 Å². The van der Waals surface area contributed by atoms with Crippen LogP contribution in [0.3, 0.4) is 0 Å². The molecule has 3 aromatic rings. The summed E-state index contributed by atoms with van der Waals surface area (Å²) in [5, 5.41) is 0. The van der Waals surface area contributed by atoms with Crippen LogP contribution >= 0.6 is 15.9 Å². The van der Waals surface area contributed by atoms with Crippen molar-refractivity contribution in [3.63, 3.8) is 0 Å². The van der Waals surface area contributed by atoms with Gasteiger partial charge in [-0.2, -0.15) is 0 Å². The number of fused-ring (bicyclic) bond motifs is 1. The third-order valence-electron chi connectivity index (χ3n) is 2.70. The van der Waals surface area contributed by atoms with Crippen molar-refractivity contribution < 1.29 is 9.13 Å². The molecule has 2 heterocycles. The Morgan fingerprint density at radius 3 is 2.80 bits per heavy atom. The molecule has 4 nitrogen and oxygen atoms in total. The molecule has 0 aliphatic rings. The smallest absolute Gasteiger partial charge is 0.156 e. The van der Waals surface area contributed by atoms with E-state index >= 15 is 0 Å². The van der Waals surface area contributed by atoms with Crippen molar-refractivity contribution in [2.45, 2.75) is 0 Å². The minimum absolute atomic E-state index is 0.252. The summed E-state index contributed by atoms with van der Waals surface area (Å²) < 4.78 is 19.7. The van der Waals surface area contributed by atoms with Gasteiger partial charge in [-0.3, -0.25) is 4.98 Å². The summed E-state index contributed by atoms with van der Waals surface area (Å²) in [5.41, 5.74) is 7.38. The van der Waals surface area contributed by atoms with E-state index in [1.807, 2.05) is 6.07 Å². The first kappa shape index (κ1) is 12.8. The van der Waals surface area contributed by atoms with Gasteiger partial charge in [-0.05, 0) is 34.1 Å². The Labute approximate surface area is 122 Å². The van der Waals surface area contributed by atoms with Gasteiger partial charge in [-0.25, -0.2) is 9.37 Å². The molecule has 0 unspecified atom stereocenters. The third-order valence-corrected chi connectivity index (χ3v) is 3.14. The lowest BCUT2D eigenvalue weighted by Crippen LogP contribution is -1.95. The van der Waals surface area contributed by atoms with Crippen LogP contribution < -0.4 is 10.5 Å². The Morgan fingerprint density at radius 2 is 1.95 bits per heavy atom. The van der Waals surface area contributed by atoms with Crippen molar-refractivity contribution in [3.05, 3.63) is 53.0 Å². The second-order valence-electron chi connectivity index (χ2n) is 4.11. The molecule has 0 amide bonds. The van der Waals surface area contributed by atoms with Gasteiger partial charge < -0.3 is 10.5 Å². The average Bonchev–Trinajstić information content (AvgIpc) is 2.43. The fraction of sp³-hybridized carbons (Fsp3) is 0. The molecule has 0 spiro atoms. The fourth-order valence-corrected chi connectivity index (χ4v) is 2.10. The lowest BCUT2D eigenvalue weighted by atomic mass is 10.2. The van der Waals surface area contributed by atoms with Gasteiger partial charge in [0.1, 0.15) is 11.3 Å². The van der Waals surface area contributed by atoms with E-state index in [0.717, 1.165) is 4.47 Å². The van der Waals surface area contributed by atoms with E-state index in [4.69, 9.17) is 10.5 Å². The Hall–Kier alpha value is -2.21. The molecule has 0 atom stereocenters. The molecule has 100 valence electrons. The molecule has 2 aromatic heterocycles. The summed E-state index contributed by atoms with van der Waals surface area (Å²) in [6.45, 7) is 0. The highest BCUT2D eigenvalue weighted by molar-refractivity contribution is 9.10. The number of ether oxygens (including phenoxy) is 1. The number of nitrogen functional groups attached to an aromatic ring is 1. The van der Waals surface area contributed by atoms with Gasteiger partial charge in [0.2, 0.25) is 0 Å². The summed E-state index contributed by atoms with van der Waals surface area (Å²) in [5.74, 6) is 0.310. The molecule has 2 N–H and O–H groups in total. The van der Waals surface area contributed by atoms with E-state index in [-0.39, 0.29) is 5.75 Å². The number of pyridine rings is 2. The van der Waals surface area contributed by atoms with E-state index in [2.05, 4.69) is 25.9 Å². The van der Waals surface area contributed by atoms with Crippen LogP contribution in [0.1, 0.15) is 0 Å². The summed E-state index contributed by atoms with van der Waals surface area (Å²) in [4.78, 5) is 8.47. The summed E-state index contributed by atoms with van der Waals surface area (Å²) in [6.07, 6.45) is 3.24. The summed E-state index contributed by atoms with van der Waals surface area (Å²) in [6, 6.07) is 7.46. The molecule has 6 heteroatoms. The number of hydrogen-bond donors (Lipinski definition) is 1. The van der Waals surface area contributed by atoms with E-state index < -0.39 is 5.82 Å². The van der Waals surface area contributed by atoms with Crippen LogP contribution in [0.2, 0.25) is 0 Å². The lowest BCUT2D eigenvalue weighted by Gasteiger charge is -2.10. The van der Waals surface area contributed by atoms with Gasteiger partial charge >= 0.3 is 0 Å². The Balaban J connectivity index is 2.09. The highest BCUT2D eigenvalue weighted by Crippen LogP contribution is 2.32. The van der Waals surface area contributed by atoms with E-state index in [9.17, 15) is 4.39 Å². The molecule has 0 aliphatic carbocycles. The van der Waals surface area contributed by atoms with Gasteiger partial charge in [0, 0.05) is 29.0 Å². The number of halogens is 2. The zero-order chi connectivity index (χ0) is 14.1. The topological polar surface area (TPSA) is 61.0 Å². The number of aromatic nitrogens is 2. The van der Waals surface area contributed by atoms with E-state index in [1.165, 1.54) is 18.2 Å². The standard InChI is InChI=1S/C14H9BrFN3O/c15-8-5-11-14(19-7-8)12(3-4-18-11)20-13-6-9(16)1-2-10(13)17/h1-7H,17H2. The second-order valence-corrected chi connectivity index (χ2v) is 5.03.